The van der Waals surface area contributed by atoms with Crippen LogP contribution >= 0.6 is 0 Å². The second kappa shape index (κ2) is 6.90. The van der Waals surface area contributed by atoms with Crippen molar-refractivity contribution in [3.05, 3.63) is 0 Å². The number of rotatable bonds is 6. The summed E-state index contributed by atoms with van der Waals surface area (Å²) in [5.41, 5.74) is -0.496. The lowest BCUT2D eigenvalue weighted by atomic mass is 9.64. The average Bonchev–Trinajstić information content (AvgIpc) is 2.99. The second-order valence-corrected chi connectivity index (χ2v) is 7.97. The predicted octanol–water partition coefficient (Wildman–Crippen LogP) is 4.88. The third-order valence-corrected chi connectivity index (χ3v) is 6.28. The molecule has 0 radical (unpaired) electrons. The van der Waals surface area contributed by atoms with Crippen LogP contribution in [-0.4, -0.2) is 24.8 Å². The Bertz CT molecular complexity index is 374. The summed E-state index contributed by atoms with van der Waals surface area (Å²) < 4.78 is 12.0. The Morgan fingerprint density at radius 3 is 2.18 bits per heavy atom. The van der Waals surface area contributed by atoms with Gasteiger partial charge >= 0.3 is 5.97 Å². The highest BCUT2D eigenvalue weighted by Crippen LogP contribution is 2.55. The Balaban J connectivity index is 2.29. The molecule has 0 atom stereocenters. The molecule has 2 aliphatic rings. The number of carbonyl (C=O) groups excluding carboxylic acids is 1. The molecule has 0 aromatic carbocycles. The van der Waals surface area contributed by atoms with Crippen LogP contribution in [0.15, 0.2) is 0 Å². The standard InChI is InChI=1S/C19H34O3/c1-5-9-18(10-7-8-11-18)19(12-14-21-15-13-19)22-16(20)17(3,4)6-2/h5-15H2,1-4H3. The highest BCUT2D eigenvalue weighted by Gasteiger charge is 2.55. The van der Waals surface area contributed by atoms with Crippen LogP contribution in [0, 0.1) is 10.8 Å². The monoisotopic (exact) mass is 310 g/mol. The molecule has 2 fully saturated rings. The summed E-state index contributed by atoms with van der Waals surface area (Å²) in [5.74, 6) is -0.0146. The quantitative estimate of drug-likeness (QED) is 0.656. The largest absolute Gasteiger partial charge is 0.458 e. The zero-order valence-corrected chi connectivity index (χ0v) is 15.0. The van der Waals surface area contributed by atoms with Crippen LogP contribution in [0.3, 0.4) is 0 Å². The molecule has 0 unspecified atom stereocenters. The van der Waals surface area contributed by atoms with E-state index in [1.807, 2.05) is 13.8 Å². The van der Waals surface area contributed by atoms with E-state index in [0.717, 1.165) is 38.9 Å². The van der Waals surface area contributed by atoms with E-state index in [-0.39, 0.29) is 17.0 Å². The van der Waals surface area contributed by atoms with Crippen molar-refractivity contribution < 1.29 is 14.3 Å². The van der Waals surface area contributed by atoms with Crippen molar-refractivity contribution in [1.29, 1.82) is 0 Å². The average molecular weight is 310 g/mol. The number of esters is 1. The van der Waals surface area contributed by atoms with Crippen molar-refractivity contribution in [2.45, 2.75) is 91.1 Å². The third-order valence-electron chi connectivity index (χ3n) is 6.28. The molecule has 1 aliphatic heterocycles. The Morgan fingerprint density at radius 2 is 1.68 bits per heavy atom. The van der Waals surface area contributed by atoms with E-state index in [1.54, 1.807) is 0 Å². The van der Waals surface area contributed by atoms with Gasteiger partial charge in [0.05, 0.1) is 18.6 Å². The molecule has 3 heteroatoms. The van der Waals surface area contributed by atoms with Crippen molar-refractivity contribution in [3.63, 3.8) is 0 Å². The van der Waals surface area contributed by atoms with E-state index in [2.05, 4.69) is 13.8 Å². The first kappa shape index (κ1) is 17.8. The minimum absolute atomic E-state index is 0.0146. The SMILES string of the molecule is CCCC1(C2(OC(=O)C(C)(C)CC)CCOCC2)CCCC1. The smallest absolute Gasteiger partial charge is 0.312 e. The fraction of sp³-hybridized carbons (Fsp3) is 0.947. The number of carbonyl (C=O) groups is 1. The number of hydrogen-bond donors (Lipinski definition) is 0. The van der Waals surface area contributed by atoms with Gasteiger partial charge < -0.3 is 9.47 Å². The first-order valence-corrected chi connectivity index (χ1v) is 9.23. The molecule has 1 aliphatic carbocycles. The molecule has 0 N–H and O–H groups in total. The summed E-state index contributed by atoms with van der Waals surface area (Å²) in [7, 11) is 0. The maximum atomic E-state index is 12.8. The highest BCUT2D eigenvalue weighted by molar-refractivity contribution is 5.76. The Labute approximate surface area is 136 Å². The second-order valence-electron chi connectivity index (χ2n) is 7.97. The van der Waals surface area contributed by atoms with Gasteiger partial charge in [-0.2, -0.15) is 0 Å². The van der Waals surface area contributed by atoms with Crippen molar-refractivity contribution in [2.75, 3.05) is 13.2 Å². The summed E-state index contributed by atoms with van der Waals surface area (Å²) in [6, 6.07) is 0. The topological polar surface area (TPSA) is 35.5 Å². The molecule has 1 heterocycles. The van der Waals surface area contributed by atoms with Crippen LogP contribution in [0.5, 0.6) is 0 Å². The van der Waals surface area contributed by atoms with Gasteiger partial charge in [-0.1, -0.05) is 33.1 Å². The molecule has 22 heavy (non-hydrogen) atoms. The maximum Gasteiger partial charge on any atom is 0.312 e. The molecule has 1 saturated carbocycles. The van der Waals surface area contributed by atoms with Gasteiger partial charge in [-0.3, -0.25) is 4.79 Å². The van der Waals surface area contributed by atoms with E-state index in [9.17, 15) is 4.79 Å². The molecule has 0 amide bonds. The summed E-state index contributed by atoms with van der Waals surface area (Å²) in [6.45, 7) is 9.78. The fourth-order valence-electron chi connectivity index (χ4n) is 4.37. The van der Waals surface area contributed by atoms with Crippen molar-refractivity contribution in [3.8, 4) is 0 Å². The molecule has 128 valence electrons. The van der Waals surface area contributed by atoms with E-state index in [4.69, 9.17) is 9.47 Å². The molecule has 0 aromatic heterocycles. The number of ether oxygens (including phenoxy) is 2. The van der Waals surface area contributed by atoms with Crippen molar-refractivity contribution >= 4 is 5.97 Å². The molecule has 3 nitrogen and oxygen atoms in total. The van der Waals surface area contributed by atoms with Gasteiger partial charge in [0, 0.05) is 18.3 Å². The van der Waals surface area contributed by atoms with Gasteiger partial charge in [-0.25, -0.2) is 0 Å². The molecule has 0 spiro atoms. The molecule has 0 aromatic rings. The number of hydrogen-bond acceptors (Lipinski definition) is 3. The Kier molecular flexibility index (Phi) is 5.58. The minimum Gasteiger partial charge on any atom is -0.458 e. The summed E-state index contributed by atoms with van der Waals surface area (Å²) >= 11 is 0. The molecule has 1 saturated heterocycles. The highest BCUT2D eigenvalue weighted by atomic mass is 16.6. The van der Waals surface area contributed by atoms with Crippen molar-refractivity contribution in [1.82, 2.24) is 0 Å². The van der Waals surface area contributed by atoms with E-state index in [1.165, 1.54) is 32.1 Å². The van der Waals surface area contributed by atoms with Crippen LogP contribution in [-0.2, 0) is 14.3 Å². The van der Waals surface area contributed by atoms with Gasteiger partial charge in [-0.05, 0) is 39.5 Å². The van der Waals surface area contributed by atoms with Gasteiger partial charge in [0.1, 0.15) is 5.60 Å². The first-order valence-electron chi connectivity index (χ1n) is 9.23. The third kappa shape index (κ3) is 3.20. The van der Waals surface area contributed by atoms with E-state index < -0.39 is 5.41 Å². The van der Waals surface area contributed by atoms with Crippen molar-refractivity contribution in [2.24, 2.45) is 10.8 Å². The fourth-order valence-corrected chi connectivity index (χ4v) is 4.37. The van der Waals surface area contributed by atoms with Crippen LogP contribution in [0.1, 0.15) is 85.5 Å². The lowest BCUT2D eigenvalue weighted by Crippen LogP contribution is -2.55. The predicted molar refractivity (Wildman–Crippen MR) is 88.8 cm³/mol. The summed E-state index contributed by atoms with van der Waals surface area (Å²) in [5, 5.41) is 0. The van der Waals surface area contributed by atoms with Gasteiger partial charge in [0.2, 0.25) is 0 Å². The van der Waals surface area contributed by atoms with Gasteiger partial charge in [0.15, 0.2) is 0 Å². The van der Waals surface area contributed by atoms with Crippen LogP contribution < -0.4 is 0 Å². The summed E-state index contributed by atoms with van der Waals surface area (Å²) in [4.78, 5) is 12.8. The zero-order valence-electron chi connectivity index (χ0n) is 15.0. The van der Waals surface area contributed by atoms with Crippen LogP contribution in [0.2, 0.25) is 0 Å². The lowest BCUT2D eigenvalue weighted by Gasteiger charge is -2.51. The van der Waals surface area contributed by atoms with Gasteiger partial charge in [-0.15, -0.1) is 0 Å². The molecular formula is C19H34O3. The summed E-state index contributed by atoms with van der Waals surface area (Å²) in [6.07, 6.45) is 9.87. The minimum atomic E-state index is -0.392. The normalized spacial score (nSPS) is 24.2. The van der Waals surface area contributed by atoms with E-state index >= 15 is 0 Å². The lowest BCUT2D eigenvalue weighted by molar-refractivity contribution is -0.206. The maximum absolute atomic E-state index is 12.8. The zero-order chi connectivity index (χ0) is 16.3. The van der Waals surface area contributed by atoms with Crippen LogP contribution in [0.4, 0.5) is 0 Å². The Hall–Kier alpha value is -0.570. The van der Waals surface area contributed by atoms with Gasteiger partial charge in [0.25, 0.3) is 0 Å². The van der Waals surface area contributed by atoms with Crippen LogP contribution in [0.25, 0.3) is 0 Å². The molecule has 0 bridgehead atoms. The first-order chi connectivity index (χ1) is 10.4. The Morgan fingerprint density at radius 1 is 1.09 bits per heavy atom. The van der Waals surface area contributed by atoms with E-state index in [0.29, 0.717) is 0 Å². The molecular weight excluding hydrogens is 276 g/mol. The molecule has 2 rings (SSSR count).